The third-order valence-corrected chi connectivity index (χ3v) is 1.44. The Morgan fingerprint density at radius 1 is 1.58 bits per heavy atom. The number of nitrogens with one attached hydrogen (secondary N) is 1. The van der Waals surface area contributed by atoms with Crippen LogP contribution in [0.2, 0.25) is 0 Å². The first-order chi connectivity index (χ1) is 5.66. The Hall–Kier alpha value is -1.62. The molecular weight excluding hydrogens is 154 g/mol. The van der Waals surface area contributed by atoms with Gasteiger partial charge in [0, 0.05) is 0 Å². The van der Waals surface area contributed by atoms with E-state index in [9.17, 15) is 0 Å². The molecule has 0 aliphatic heterocycles. The number of hydrogen-bond acceptors (Lipinski definition) is 5. The van der Waals surface area contributed by atoms with Gasteiger partial charge in [-0.05, 0) is 12.5 Å². The highest BCUT2D eigenvalue weighted by Crippen LogP contribution is 2.23. The molecule has 12 heavy (non-hydrogen) atoms. The number of rotatable bonds is 2. The van der Waals surface area contributed by atoms with Crippen molar-refractivity contribution in [3.8, 4) is 0 Å². The zero-order valence-corrected chi connectivity index (χ0v) is 6.83. The Labute approximate surface area is 70.5 Å². The molecule has 0 unspecified atom stereocenters. The van der Waals surface area contributed by atoms with Crippen molar-refractivity contribution < 1.29 is 0 Å². The van der Waals surface area contributed by atoms with E-state index >= 15 is 0 Å². The van der Waals surface area contributed by atoms with Crippen LogP contribution in [0.3, 0.4) is 0 Å². The van der Waals surface area contributed by atoms with Crippen LogP contribution in [0, 0.1) is 0 Å². The summed E-state index contributed by atoms with van der Waals surface area (Å²) in [4.78, 5) is 7.71. The second-order valence-corrected chi connectivity index (χ2v) is 2.41. The summed E-state index contributed by atoms with van der Waals surface area (Å²) in [5.41, 5.74) is 9.46. The Kier molecular flexibility index (Phi) is 2.25. The Bertz CT molecular complexity index is 307. The molecule has 0 aliphatic rings. The predicted molar refractivity (Wildman–Crippen MR) is 49.0 cm³/mol. The van der Waals surface area contributed by atoms with Crippen LogP contribution in [-0.4, -0.2) is 9.97 Å². The van der Waals surface area contributed by atoms with Crippen molar-refractivity contribution >= 4 is 17.2 Å². The van der Waals surface area contributed by atoms with Crippen LogP contribution in [-0.2, 0) is 0 Å². The average Bonchev–Trinajstić information content (AvgIpc) is 2.03. The van der Waals surface area contributed by atoms with E-state index in [0.717, 1.165) is 5.57 Å². The van der Waals surface area contributed by atoms with Gasteiger partial charge in [-0.3, -0.25) is 0 Å². The zero-order chi connectivity index (χ0) is 9.14. The fourth-order valence-corrected chi connectivity index (χ4v) is 0.929. The quantitative estimate of drug-likeness (QED) is 0.435. The lowest BCUT2D eigenvalue weighted by molar-refractivity contribution is 1.13. The van der Waals surface area contributed by atoms with Gasteiger partial charge in [-0.25, -0.2) is 15.8 Å². The van der Waals surface area contributed by atoms with Gasteiger partial charge in [0.15, 0.2) is 5.82 Å². The first-order valence-corrected chi connectivity index (χ1v) is 3.39. The first kappa shape index (κ1) is 8.48. The molecular formula is C7H11N5. The number of nitrogens with zero attached hydrogens (tertiary/aromatic N) is 2. The molecule has 1 aromatic heterocycles. The molecule has 0 atom stereocenters. The second-order valence-electron chi connectivity index (χ2n) is 2.41. The molecule has 64 valence electrons. The molecule has 0 saturated carbocycles. The number of nitrogens with two attached hydrogens (primary N) is 2. The molecule has 0 radical (unpaired) electrons. The van der Waals surface area contributed by atoms with Crippen molar-refractivity contribution in [3.05, 3.63) is 18.5 Å². The van der Waals surface area contributed by atoms with Crippen LogP contribution in [0.1, 0.15) is 12.5 Å². The minimum absolute atomic E-state index is 0.380. The maximum atomic E-state index is 5.59. The molecule has 5 N–H and O–H groups in total. The van der Waals surface area contributed by atoms with Crippen LogP contribution in [0.4, 0.5) is 11.6 Å². The number of aromatic nitrogens is 2. The number of anilines is 2. The number of allylic oxidation sites excluding steroid dienone is 1. The largest absolute Gasteiger partial charge is 0.383 e. The summed E-state index contributed by atoms with van der Waals surface area (Å²) in [5, 5.41) is 0. The van der Waals surface area contributed by atoms with Crippen molar-refractivity contribution in [3.63, 3.8) is 0 Å². The number of hydrogen-bond donors (Lipinski definition) is 3. The van der Waals surface area contributed by atoms with Crippen LogP contribution >= 0.6 is 0 Å². The molecule has 5 nitrogen and oxygen atoms in total. The van der Waals surface area contributed by atoms with E-state index in [0.29, 0.717) is 17.2 Å². The maximum Gasteiger partial charge on any atom is 0.153 e. The van der Waals surface area contributed by atoms with Gasteiger partial charge in [-0.1, -0.05) is 6.58 Å². The van der Waals surface area contributed by atoms with E-state index < -0.39 is 0 Å². The minimum Gasteiger partial charge on any atom is -0.383 e. The topological polar surface area (TPSA) is 89.8 Å². The van der Waals surface area contributed by atoms with E-state index in [2.05, 4.69) is 22.0 Å². The fraction of sp³-hybridized carbons (Fsp3) is 0.143. The van der Waals surface area contributed by atoms with Gasteiger partial charge in [-0.2, -0.15) is 0 Å². The Morgan fingerprint density at radius 2 is 2.25 bits per heavy atom. The van der Waals surface area contributed by atoms with Gasteiger partial charge in [-0.15, -0.1) is 0 Å². The molecule has 0 aliphatic carbocycles. The SMILES string of the molecule is C=C(C)c1c(N)ncnc1NN. The van der Waals surface area contributed by atoms with Crippen molar-refractivity contribution in [1.82, 2.24) is 9.97 Å². The van der Waals surface area contributed by atoms with Crippen molar-refractivity contribution in [1.29, 1.82) is 0 Å². The summed E-state index contributed by atoms with van der Waals surface area (Å²) in [6.07, 6.45) is 1.34. The molecule has 5 heteroatoms. The third kappa shape index (κ3) is 1.35. The van der Waals surface area contributed by atoms with E-state index in [1.165, 1.54) is 6.33 Å². The number of hydrazine groups is 1. The zero-order valence-electron chi connectivity index (χ0n) is 6.83. The average molecular weight is 165 g/mol. The van der Waals surface area contributed by atoms with E-state index in [1.54, 1.807) is 0 Å². The summed E-state index contributed by atoms with van der Waals surface area (Å²) in [6.45, 7) is 5.55. The first-order valence-electron chi connectivity index (χ1n) is 3.39. The van der Waals surface area contributed by atoms with Gasteiger partial charge in [0.1, 0.15) is 12.1 Å². The smallest absolute Gasteiger partial charge is 0.153 e. The van der Waals surface area contributed by atoms with Crippen LogP contribution in [0.15, 0.2) is 12.9 Å². The summed E-state index contributed by atoms with van der Waals surface area (Å²) >= 11 is 0. The standard InChI is InChI=1S/C7H11N5/c1-4(2)5-6(8)10-3-11-7(5)12-9/h3H,1,9H2,2H3,(H3,8,10,11,12). The van der Waals surface area contributed by atoms with Crippen LogP contribution < -0.4 is 17.0 Å². The molecule has 0 saturated heterocycles. The van der Waals surface area contributed by atoms with Crippen molar-refractivity contribution in [2.75, 3.05) is 11.2 Å². The van der Waals surface area contributed by atoms with Crippen LogP contribution in [0.25, 0.3) is 5.57 Å². The fourth-order valence-electron chi connectivity index (χ4n) is 0.929. The predicted octanol–water partition coefficient (Wildman–Crippen LogP) is 0.378. The molecule has 1 aromatic rings. The Balaban J connectivity index is 3.29. The summed E-state index contributed by atoms with van der Waals surface area (Å²) in [5.74, 6) is 6.10. The summed E-state index contributed by atoms with van der Waals surface area (Å²) in [6, 6.07) is 0. The lowest BCUT2D eigenvalue weighted by Gasteiger charge is -2.08. The van der Waals surface area contributed by atoms with E-state index in [4.69, 9.17) is 11.6 Å². The molecule has 1 heterocycles. The molecule has 0 amide bonds. The van der Waals surface area contributed by atoms with Gasteiger partial charge in [0.25, 0.3) is 0 Å². The van der Waals surface area contributed by atoms with E-state index in [-0.39, 0.29) is 0 Å². The van der Waals surface area contributed by atoms with Gasteiger partial charge in [0.2, 0.25) is 0 Å². The molecule has 1 rings (SSSR count). The monoisotopic (exact) mass is 165 g/mol. The summed E-state index contributed by atoms with van der Waals surface area (Å²) < 4.78 is 0. The normalized spacial score (nSPS) is 9.50. The van der Waals surface area contributed by atoms with Gasteiger partial charge >= 0.3 is 0 Å². The second kappa shape index (κ2) is 3.19. The Morgan fingerprint density at radius 3 is 2.67 bits per heavy atom. The molecule has 0 fully saturated rings. The van der Waals surface area contributed by atoms with Crippen molar-refractivity contribution in [2.45, 2.75) is 6.92 Å². The highest BCUT2D eigenvalue weighted by atomic mass is 15.3. The van der Waals surface area contributed by atoms with Gasteiger partial charge < -0.3 is 11.2 Å². The lowest BCUT2D eigenvalue weighted by Crippen LogP contribution is -2.12. The lowest BCUT2D eigenvalue weighted by atomic mass is 10.1. The maximum absolute atomic E-state index is 5.59. The molecule has 0 aromatic carbocycles. The third-order valence-electron chi connectivity index (χ3n) is 1.44. The molecule has 0 bridgehead atoms. The van der Waals surface area contributed by atoms with Crippen LogP contribution in [0.5, 0.6) is 0 Å². The number of nitrogen functional groups attached to an aromatic ring is 2. The molecule has 0 spiro atoms. The summed E-state index contributed by atoms with van der Waals surface area (Å²) in [7, 11) is 0. The highest BCUT2D eigenvalue weighted by Gasteiger charge is 2.07. The van der Waals surface area contributed by atoms with Gasteiger partial charge in [0.05, 0.1) is 5.56 Å². The van der Waals surface area contributed by atoms with E-state index in [1.807, 2.05) is 6.92 Å². The highest BCUT2D eigenvalue weighted by molar-refractivity contribution is 5.78. The minimum atomic E-state index is 0.380. The van der Waals surface area contributed by atoms with Crippen molar-refractivity contribution in [2.24, 2.45) is 5.84 Å².